The van der Waals surface area contributed by atoms with Crippen molar-refractivity contribution >= 4 is 76.8 Å². The van der Waals surface area contributed by atoms with Crippen molar-refractivity contribution in [2.75, 3.05) is 7.11 Å². The van der Waals surface area contributed by atoms with Gasteiger partial charge in [-0.15, -0.1) is 0 Å². The van der Waals surface area contributed by atoms with Crippen LogP contribution in [0.4, 0.5) is 5.88 Å². The predicted octanol–water partition coefficient (Wildman–Crippen LogP) is 3.17. The third kappa shape index (κ3) is 8.63. The number of carbonyl (C=O) groups excluding carboxylic acids is 4. The Labute approximate surface area is 176 Å². The van der Waals surface area contributed by atoms with Crippen molar-refractivity contribution in [3.05, 3.63) is 48.1 Å². The molecule has 0 amide bonds. The molecular weight excluding hydrogens is 468 g/mol. The van der Waals surface area contributed by atoms with Gasteiger partial charge >= 0.3 is 17.8 Å². The molecule has 0 aliphatic carbocycles. The summed E-state index contributed by atoms with van der Waals surface area (Å²) in [6.45, 7) is 0.258. The van der Waals surface area contributed by atoms with Crippen LogP contribution in [0.3, 0.4) is 0 Å². The average molecular weight is 477 g/mol. The number of esters is 2. The van der Waals surface area contributed by atoms with E-state index >= 15 is 0 Å². The van der Waals surface area contributed by atoms with Crippen molar-refractivity contribution < 1.29 is 38.0 Å². The van der Waals surface area contributed by atoms with Gasteiger partial charge in [0.1, 0.15) is 37.4 Å². The van der Waals surface area contributed by atoms with Gasteiger partial charge in [0.05, 0.1) is 6.07 Å². The molecule has 28 heavy (non-hydrogen) atoms. The van der Waals surface area contributed by atoms with E-state index in [1.807, 2.05) is 0 Å². The molecule has 0 unspecified atom stereocenters. The van der Waals surface area contributed by atoms with E-state index in [2.05, 4.69) is 4.74 Å². The van der Waals surface area contributed by atoms with E-state index in [1.54, 1.807) is 0 Å². The van der Waals surface area contributed by atoms with Gasteiger partial charge in [-0.05, 0) is 6.07 Å². The third-order valence-electron chi connectivity index (χ3n) is 2.28. The lowest BCUT2D eigenvalue weighted by Gasteiger charge is -2.01. The fourth-order valence-electron chi connectivity index (χ4n) is 1.16. The number of carbonyl (C=O) groups is 4. The van der Waals surface area contributed by atoms with E-state index in [9.17, 15) is 29.3 Å². The lowest BCUT2D eigenvalue weighted by molar-refractivity contribution is -0.402. The Hall–Kier alpha value is -2.24. The van der Waals surface area contributed by atoms with E-state index in [0.29, 0.717) is 5.76 Å². The van der Waals surface area contributed by atoms with Gasteiger partial charge < -0.3 is 13.9 Å². The highest BCUT2D eigenvalue weighted by atomic mass is 35.5. The number of nitrogens with zero attached hydrogens (tertiary/aromatic N) is 1. The van der Waals surface area contributed by atoms with Crippen molar-refractivity contribution in [1.82, 2.24) is 0 Å². The number of allylic oxidation sites excluding steroid dienone is 2. The van der Waals surface area contributed by atoms with Crippen molar-refractivity contribution in [3.63, 3.8) is 0 Å². The summed E-state index contributed by atoms with van der Waals surface area (Å²) in [7, 11) is 1.49. The quantitative estimate of drug-likeness (QED) is 0.145. The van der Waals surface area contributed by atoms with Crippen LogP contribution in [0, 0.1) is 10.1 Å². The zero-order valence-electron chi connectivity index (χ0n) is 13.6. The third-order valence-corrected chi connectivity index (χ3v) is 3.75. The van der Waals surface area contributed by atoms with Gasteiger partial charge in [-0.2, -0.15) is 0 Å². The van der Waals surface area contributed by atoms with Gasteiger partial charge in [-0.25, -0.2) is 9.59 Å². The summed E-state index contributed by atoms with van der Waals surface area (Å²) in [5.41, 5.74) is 0. The lowest BCUT2D eigenvalue weighted by Crippen LogP contribution is -2.14. The zero-order valence-corrected chi connectivity index (χ0v) is 16.7. The molecule has 1 aromatic rings. The summed E-state index contributed by atoms with van der Waals surface area (Å²) < 4.78 is 13.5. The molecule has 0 saturated heterocycles. The molecule has 0 aromatic carbocycles. The number of methoxy groups -OCH3 is 1. The number of hydrogen-bond donors (Lipinski definition) is 0. The summed E-state index contributed by atoms with van der Waals surface area (Å²) in [5.74, 6) is -2.60. The molecular formula is C14H9Cl4NO9. The van der Waals surface area contributed by atoms with Gasteiger partial charge in [-0.1, -0.05) is 46.4 Å². The Morgan fingerprint density at radius 2 is 1.54 bits per heavy atom. The smallest absolute Gasteiger partial charge is 0.403 e. The van der Waals surface area contributed by atoms with Crippen molar-refractivity contribution in [2.45, 2.75) is 6.61 Å². The van der Waals surface area contributed by atoms with Crippen LogP contribution in [0.25, 0.3) is 0 Å². The first kappa shape index (κ1) is 25.8. The molecule has 152 valence electrons. The fourth-order valence-corrected chi connectivity index (χ4v) is 1.48. The molecule has 1 aromatic heterocycles. The van der Waals surface area contributed by atoms with Crippen LogP contribution in [0.5, 0.6) is 0 Å². The minimum Gasteiger partial charge on any atom is -0.403 e. The second-order valence-corrected chi connectivity index (χ2v) is 5.74. The Morgan fingerprint density at radius 3 is 1.86 bits per heavy atom. The number of halogens is 4. The summed E-state index contributed by atoms with van der Waals surface area (Å²) in [6, 6.07) is 2.82. The molecule has 1 heterocycles. The number of aldehydes is 2. The van der Waals surface area contributed by atoms with E-state index in [4.69, 9.17) is 55.6 Å². The van der Waals surface area contributed by atoms with E-state index < -0.39 is 37.0 Å². The maximum absolute atomic E-state index is 11.1. The number of nitro groups is 1. The summed E-state index contributed by atoms with van der Waals surface area (Å²) in [5, 5.41) is 7.19. The van der Waals surface area contributed by atoms with Crippen LogP contribution in [0.15, 0.2) is 36.7 Å². The monoisotopic (exact) mass is 475 g/mol. The molecule has 0 radical (unpaired) electrons. The average Bonchev–Trinajstić information content (AvgIpc) is 3.15. The van der Waals surface area contributed by atoms with Gasteiger partial charge in [0.25, 0.3) is 0 Å². The zero-order chi connectivity index (χ0) is 21.9. The van der Waals surface area contributed by atoms with E-state index in [-0.39, 0.29) is 25.1 Å². The molecule has 0 N–H and O–H groups in total. The molecule has 0 bridgehead atoms. The van der Waals surface area contributed by atoms with Gasteiger partial charge in [0.2, 0.25) is 0 Å². The second kappa shape index (κ2) is 13.0. The van der Waals surface area contributed by atoms with Crippen LogP contribution in [-0.4, -0.2) is 36.5 Å². The maximum atomic E-state index is 11.1. The highest BCUT2D eigenvalue weighted by molar-refractivity contribution is 6.54. The fraction of sp³-hybridized carbons (Fsp3) is 0.143. The number of furan rings is 1. The maximum Gasteiger partial charge on any atom is 0.433 e. The van der Waals surface area contributed by atoms with Crippen LogP contribution >= 0.6 is 46.4 Å². The van der Waals surface area contributed by atoms with Crippen molar-refractivity contribution in [1.29, 1.82) is 0 Å². The molecule has 0 saturated carbocycles. The normalized spacial score (nSPS) is 11.9. The van der Waals surface area contributed by atoms with Gasteiger partial charge in [0.15, 0.2) is 12.6 Å². The standard InChI is InChI=1S/C8H2Cl4O5.C6H7NO4/c9-3(1-13)5(11)7(15)17-8(16)6(12)4(10)2-14;1-10-4-5-2-3-6(11-5)7(8)9/h1-2H;2-3H,4H2,1H3. The highest BCUT2D eigenvalue weighted by Gasteiger charge is 2.21. The summed E-state index contributed by atoms with van der Waals surface area (Å²) in [6.07, 6.45) is 0.150. The van der Waals surface area contributed by atoms with Crippen molar-refractivity contribution in [2.24, 2.45) is 0 Å². The van der Waals surface area contributed by atoms with Gasteiger partial charge in [0, 0.05) is 7.11 Å². The number of rotatable bonds is 7. The molecule has 0 aliphatic heterocycles. The second-order valence-electron chi connectivity index (χ2n) is 4.17. The first-order chi connectivity index (χ1) is 13.1. The first-order valence-electron chi connectivity index (χ1n) is 6.58. The van der Waals surface area contributed by atoms with Crippen LogP contribution in [0.1, 0.15) is 5.76 Å². The minimum absolute atomic E-state index is 0.0749. The highest BCUT2D eigenvalue weighted by Crippen LogP contribution is 2.18. The van der Waals surface area contributed by atoms with Crippen LogP contribution in [-0.2, 0) is 35.3 Å². The topological polar surface area (TPSA) is 143 Å². The molecule has 0 fully saturated rings. The molecule has 0 atom stereocenters. The minimum atomic E-state index is -1.40. The predicted molar refractivity (Wildman–Crippen MR) is 96.8 cm³/mol. The van der Waals surface area contributed by atoms with E-state index in [0.717, 1.165) is 0 Å². The largest absolute Gasteiger partial charge is 0.433 e. The Bertz CT molecular complexity index is 789. The van der Waals surface area contributed by atoms with Crippen LogP contribution in [0.2, 0.25) is 0 Å². The molecule has 1 rings (SSSR count). The van der Waals surface area contributed by atoms with Crippen molar-refractivity contribution in [3.8, 4) is 0 Å². The number of hydrogen-bond acceptors (Lipinski definition) is 9. The molecule has 14 heteroatoms. The molecule has 10 nitrogen and oxygen atoms in total. The first-order valence-corrected chi connectivity index (χ1v) is 8.09. The Kier molecular flexibility index (Phi) is 12.0. The Morgan fingerprint density at radius 1 is 1.07 bits per heavy atom. The van der Waals surface area contributed by atoms with E-state index in [1.165, 1.54) is 19.2 Å². The van der Waals surface area contributed by atoms with Gasteiger partial charge in [-0.3, -0.25) is 19.7 Å². The SMILES string of the molecule is COCc1ccc([N+](=O)[O-])o1.O=CC(Cl)=C(Cl)C(=O)OC(=O)C(Cl)=C(Cl)C=O. The number of ether oxygens (including phenoxy) is 2. The lowest BCUT2D eigenvalue weighted by atomic mass is 10.5. The van der Waals surface area contributed by atoms with Crippen LogP contribution < -0.4 is 0 Å². The summed E-state index contributed by atoms with van der Waals surface area (Å²) >= 11 is 21.0. The Balaban J connectivity index is 0.000000567. The molecule has 0 spiro atoms. The molecule has 0 aliphatic rings. The summed E-state index contributed by atoms with van der Waals surface area (Å²) in [4.78, 5) is 52.0.